The molecule has 1 saturated heterocycles. The summed E-state index contributed by atoms with van der Waals surface area (Å²) >= 11 is 0. The summed E-state index contributed by atoms with van der Waals surface area (Å²) in [5, 5.41) is 9.60. The maximum Gasteiger partial charge on any atom is 0.280 e. The van der Waals surface area contributed by atoms with Gasteiger partial charge >= 0.3 is 0 Å². The average Bonchev–Trinajstić information content (AvgIpc) is 2.34. The third-order valence-electron chi connectivity index (χ3n) is 3.50. The molecule has 0 aliphatic carbocycles. The molecule has 4 nitrogen and oxygen atoms in total. The van der Waals surface area contributed by atoms with Gasteiger partial charge in [-0.15, -0.1) is 0 Å². The first-order valence-electron chi connectivity index (χ1n) is 6.23. The molecule has 1 unspecified atom stereocenters. The molecule has 0 bridgehead atoms. The second-order valence-electron chi connectivity index (χ2n) is 5.31. The minimum Gasteiger partial charge on any atom is -0.360 e. The third-order valence-corrected chi connectivity index (χ3v) is 3.50. The van der Waals surface area contributed by atoms with Gasteiger partial charge in [-0.1, -0.05) is 12.1 Å². The van der Waals surface area contributed by atoms with E-state index < -0.39 is 17.7 Å². The van der Waals surface area contributed by atoms with Crippen LogP contribution < -0.4 is 0 Å². The number of aliphatic hydroxyl groups is 1. The Labute approximate surface area is 111 Å². The molecule has 1 N–H and O–H groups in total. The molecule has 19 heavy (non-hydrogen) atoms. The molecule has 0 aromatic heterocycles. The summed E-state index contributed by atoms with van der Waals surface area (Å²) in [6, 6.07) is 6.02. The van der Waals surface area contributed by atoms with Gasteiger partial charge in [0.05, 0.1) is 11.6 Å². The summed E-state index contributed by atoms with van der Waals surface area (Å²) in [6.45, 7) is 5.91. The number of morpholine rings is 1. The Kier molecular flexibility index (Phi) is 3.60. The number of aliphatic hydroxyl groups excluding tert-OH is 1. The minimum atomic E-state index is -1.43. The molecule has 5 heteroatoms. The second kappa shape index (κ2) is 4.90. The van der Waals surface area contributed by atoms with Gasteiger partial charge in [-0.25, -0.2) is 4.39 Å². The van der Waals surface area contributed by atoms with Crippen molar-refractivity contribution in [3.63, 3.8) is 0 Å². The Morgan fingerprint density at radius 3 is 2.53 bits per heavy atom. The lowest BCUT2D eigenvalue weighted by Crippen LogP contribution is -2.57. The molecule has 2 rings (SSSR count). The van der Waals surface area contributed by atoms with E-state index in [2.05, 4.69) is 0 Å². The van der Waals surface area contributed by atoms with E-state index in [1.54, 1.807) is 24.0 Å². The SMILES string of the molecule is C[C@H]1CN(C(C)(C)c2ccc(F)cc2)C(=O)C(O)O1. The molecule has 1 fully saturated rings. The minimum absolute atomic E-state index is 0.243. The van der Waals surface area contributed by atoms with Crippen LogP contribution in [0.15, 0.2) is 24.3 Å². The zero-order valence-corrected chi connectivity index (χ0v) is 11.3. The number of ether oxygens (including phenoxy) is 1. The van der Waals surface area contributed by atoms with Gasteiger partial charge < -0.3 is 14.7 Å². The predicted molar refractivity (Wildman–Crippen MR) is 67.7 cm³/mol. The Hall–Kier alpha value is -1.46. The number of hydrogen-bond donors (Lipinski definition) is 1. The highest BCUT2D eigenvalue weighted by molar-refractivity contribution is 5.81. The van der Waals surface area contributed by atoms with Crippen LogP contribution in [0.4, 0.5) is 4.39 Å². The van der Waals surface area contributed by atoms with E-state index in [0.717, 1.165) is 5.56 Å². The van der Waals surface area contributed by atoms with Crippen molar-refractivity contribution < 1.29 is 19.0 Å². The number of carbonyl (C=O) groups excluding carboxylic acids is 1. The Bertz CT molecular complexity index is 472. The Morgan fingerprint density at radius 1 is 1.37 bits per heavy atom. The van der Waals surface area contributed by atoms with Crippen molar-refractivity contribution in [2.75, 3.05) is 6.54 Å². The van der Waals surface area contributed by atoms with Crippen LogP contribution in [0.2, 0.25) is 0 Å². The number of carbonyl (C=O) groups is 1. The van der Waals surface area contributed by atoms with Crippen LogP contribution in [-0.2, 0) is 15.1 Å². The number of hydrogen-bond acceptors (Lipinski definition) is 3. The highest BCUT2D eigenvalue weighted by Crippen LogP contribution is 2.31. The van der Waals surface area contributed by atoms with E-state index in [1.807, 2.05) is 13.8 Å². The molecule has 1 aliphatic heterocycles. The summed E-state index contributed by atoms with van der Waals surface area (Å²) < 4.78 is 18.1. The molecule has 1 aliphatic rings. The summed E-state index contributed by atoms with van der Waals surface area (Å²) in [7, 11) is 0. The van der Waals surface area contributed by atoms with Gasteiger partial charge in [-0.05, 0) is 38.5 Å². The maximum atomic E-state index is 13.0. The Balaban J connectivity index is 2.32. The zero-order chi connectivity index (χ0) is 14.2. The fourth-order valence-corrected chi connectivity index (χ4v) is 2.32. The molecule has 0 saturated carbocycles. The maximum absolute atomic E-state index is 13.0. The predicted octanol–water partition coefficient (Wildman–Crippen LogP) is 1.63. The van der Waals surface area contributed by atoms with Gasteiger partial charge in [-0.2, -0.15) is 0 Å². The van der Waals surface area contributed by atoms with E-state index in [0.29, 0.717) is 6.54 Å². The van der Waals surface area contributed by atoms with Crippen molar-refractivity contribution in [1.29, 1.82) is 0 Å². The van der Waals surface area contributed by atoms with Crippen LogP contribution in [0.1, 0.15) is 26.3 Å². The zero-order valence-electron chi connectivity index (χ0n) is 11.3. The molecule has 2 atom stereocenters. The number of benzene rings is 1. The van der Waals surface area contributed by atoms with Crippen molar-refractivity contribution in [3.8, 4) is 0 Å². The number of nitrogens with zero attached hydrogens (tertiary/aromatic N) is 1. The van der Waals surface area contributed by atoms with Crippen molar-refractivity contribution in [2.45, 2.75) is 38.7 Å². The van der Waals surface area contributed by atoms with Crippen LogP contribution in [0, 0.1) is 5.82 Å². The average molecular weight is 267 g/mol. The summed E-state index contributed by atoms with van der Waals surface area (Å²) in [6.07, 6.45) is -1.67. The van der Waals surface area contributed by atoms with E-state index in [1.165, 1.54) is 12.1 Å². The van der Waals surface area contributed by atoms with Crippen molar-refractivity contribution in [3.05, 3.63) is 35.6 Å². The summed E-state index contributed by atoms with van der Waals surface area (Å²) in [5.74, 6) is -0.784. The molecule has 1 heterocycles. The lowest BCUT2D eigenvalue weighted by molar-refractivity contribution is -0.205. The molecule has 1 amide bonds. The number of rotatable bonds is 2. The molecule has 1 aromatic rings. The largest absolute Gasteiger partial charge is 0.360 e. The fraction of sp³-hybridized carbons (Fsp3) is 0.500. The highest BCUT2D eigenvalue weighted by atomic mass is 19.1. The normalized spacial score (nSPS) is 24.7. The summed E-state index contributed by atoms with van der Waals surface area (Å²) in [5.41, 5.74) is 0.174. The van der Waals surface area contributed by atoms with Gasteiger partial charge in [0.1, 0.15) is 5.82 Å². The third kappa shape index (κ3) is 2.62. The Morgan fingerprint density at radius 2 is 1.95 bits per heavy atom. The monoisotopic (exact) mass is 267 g/mol. The first-order chi connectivity index (χ1) is 8.82. The molecular weight excluding hydrogens is 249 g/mol. The van der Waals surface area contributed by atoms with Crippen LogP contribution in [-0.4, -0.2) is 34.9 Å². The fourth-order valence-electron chi connectivity index (χ4n) is 2.32. The topological polar surface area (TPSA) is 49.8 Å². The highest BCUT2D eigenvalue weighted by Gasteiger charge is 2.40. The van der Waals surface area contributed by atoms with E-state index in [9.17, 15) is 14.3 Å². The molecule has 1 aromatic carbocycles. The van der Waals surface area contributed by atoms with Gasteiger partial charge in [0, 0.05) is 6.54 Å². The molecule has 0 radical (unpaired) electrons. The number of amides is 1. The van der Waals surface area contributed by atoms with E-state index in [-0.39, 0.29) is 11.9 Å². The quantitative estimate of drug-likeness (QED) is 0.886. The van der Waals surface area contributed by atoms with Crippen molar-refractivity contribution >= 4 is 5.91 Å². The van der Waals surface area contributed by atoms with Crippen LogP contribution in [0.5, 0.6) is 0 Å². The first-order valence-corrected chi connectivity index (χ1v) is 6.23. The lowest BCUT2D eigenvalue weighted by atomic mass is 9.91. The van der Waals surface area contributed by atoms with E-state index in [4.69, 9.17) is 4.74 Å². The van der Waals surface area contributed by atoms with Crippen LogP contribution in [0.3, 0.4) is 0 Å². The van der Waals surface area contributed by atoms with Gasteiger partial charge in [0.25, 0.3) is 5.91 Å². The van der Waals surface area contributed by atoms with Gasteiger partial charge in [-0.3, -0.25) is 4.79 Å². The van der Waals surface area contributed by atoms with E-state index >= 15 is 0 Å². The van der Waals surface area contributed by atoms with Crippen molar-refractivity contribution in [2.24, 2.45) is 0 Å². The molecular formula is C14H18FNO3. The van der Waals surface area contributed by atoms with Gasteiger partial charge in [0.2, 0.25) is 6.29 Å². The standard InChI is InChI=1S/C14H18FNO3/c1-9-8-16(12(17)13(18)19-9)14(2,3)10-4-6-11(15)7-5-10/h4-7,9,13,18H,8H2,1-3H3/t9-,13?/m0/s1. The number of halogens is 1. The molecule has 0 spiro atoms. The van der Waals surface area contributed by atoms with Crippen LogP contribution >= 0.6 is 0 Å². The second-order valence-corrected chi connectivity index (χ2v) is 5.31. The lowest BCUT2D eigenvalue weighted by Gasteiger charge is -2.44. The van der Waals surface area contributed by atoms with Gasteiger partial charge in [0.15, 0.2) is 0 Å². The summed E-state index contributed by atoms with van der Waals surface area (Å²) in [4.78, 5) is 13.6. The smallest absolute Gasteiger partial charge is 0.280 e. The molecule has 104 valence electrons. The van der Waals surface area contributed by atoms with Crippen molar-refractivity contribution in [1.82, 2.24) is 4.90 Å². The first kappa shape index (κ1) is 14.0. The van der Waals surface area contributed by atoms with Crippen LogP contribution in [0.25, 0.3) is 0 Å².